The van der Waals surface area contributed by atoms with Gasteiger partial charge in [0.15, 0.2) is 0 Å². The lowest BCUT2D eigenvalue weighted by atomic mass is 10.0. The second-order valence-electron chi connectivity index (χ2n) is 6.06. The summed E-state index contributed by atoms with van der Waals surface area (Å²) in [5.74, 6) is 0.865. The van der Waals surface area contributed by atoms with E-state index < -0.39 is 0 Å². The van der Waals surface area contributed by atoms with E-state index in [-0.39, 0.29) is 11.9 Å². The lowest BCUT2D eigenvalue weighted by Crippen LogP contribution is -2.40. The van der Waals surface area contributed by atoms with Gasteiger partial charge in [-0.05, 0) is 42.8 Å². The third kappa shape index (κ3) is 4.83. The Morgan fingerprint density at radius 2 is 1.80 bits per heavy atom. The summed E-state index contributed by atoms with van der Waals surface area (Å²) in [5, 5.41) is 3.08. The predicted molar refractivity (Wildman–Crippen MR) is 102 cm³/mol. The molecular formula is C21H28N2O2. The minimum atomic E-state index is -0.274. The van der Waals surface area contributed by atoms with Crippen LogP contribution in [0.25, 0.3) is 0 Å². The third-order valence-corrected chi connectivity index (χ3v) is 4.48. The van der Waals surface area contributed by atoms with Crippen molar-refractivity contribution in [1.29, 1.82) is 0 Å². The van der Waals surface area contributed by atoms with Gasteiger partial charge in [-0.25, -0.2) is 0 Å². The maximum atomic E-state index is 12.9. The Morgan fingerprint density at radius 3 is 2.40 bits per heavy atom. The highest BCUT2D eigenvalue weighted by atomic mass is 16.5. The fourth-order valence-corrected chi connectivity index (χ4v) is 3.01. The van der Waals surface area contributed by atoms with E-state index in [9.17, 15) is 4.79 Å². The normalized spacial score (nSPS) is 12.0. The number of carbonyl (C=O) groups excluding carboxylic acids is 1. The predicted octanol–water partition coefficient (Wildman–Crippen LogP) is 3.70. The average molecular weight is 340 g/mol. The molecule has 1 unspecified atom stereocenters. The summed E-state index contributed by atoms with van der Waals surface area (Å²) < 4.78 is 5.36. The second-order valence-corrected chi connectivity index (χ2v) is 6.06. The fraction of sp³-hybridized carbons (Fsp3) is 0.381. The number of carbonyl (C=O) groups is 1. The minimum Gasteiger partial charge on any atom is -0.496 e. The molecule has 0 aliphatic rings. The third-order valence-electron chi connectivity index (χ3n) is 4.48. The van der Waals surface area contributed by atoms with Crippen LogP contribution in [0.5, 0.6) is 5.75 Å². The number of ether oxygens (including phenoxy) is 1. The van der Waals surface area contributed by atoms with Crippen LogP contribution in [0.1, 0.15) is 36.6 Å². The molecule has 4 heteroatoms. The molecule has 2 aromatic rings. The molecular weight excluding hydrogens is 312 g/mol. The number of amides is 1. The van der Waals surface area contributed by atoms with E-state index in [1.54, 1.807) is 7.11 Å². The highest BCUT2D eigenvalue weighted by Crippen LogP contribution is 2.22. The zero-order valence-corrected chi connectivity index (χ0v) is 15.6. The molecule has 0 spiro atoms. The second kappa shape index (κ2) is 9.23. The molecule has 0 aromatic heterocycles. The summed E-state index contributed by atoms with van der Waals surface area (Å²) in [6.07, 6.45) is 0. The number of aryl methyl sites for hydroxylation is 1. The van der Waals surface area contributed by atoms with Gasteiger partial charge >= 0.3 is 0 Å². The van der Waals surface area contributed by atoms with Crippen molar-refractivity contribution in [3.05, 3.63) is 65.2 Å². The zero-order valence-electron chi connectivity index (χ0n) is 15.6. The van der Waals surface area contributed by atoms with Gasteiger partial charge in [-0.15, -0.1) is 0 Å². The molecule has 25 heavy (non-hydrogen) atoms. The standard InChI is InChI=1S/C21H28N2O2/c1-5-23(6-2)20(18-10-8-7-9-11-18)21(24)22-15-17-13-12-16(3)19(14-17)25-4/h7-14,20H,5-6,15H2,1-4H3,(H,22,24). The van der Waals surface area contributed by atoms with Crippen LogP contribution in [0.2, 0.25) is 0 Å². The molecule has 0 saturated carbocycles. The monoisotopic (exact) mass is 340 g/mol. The van der Waals surface area contributed by atoms with E-state index in [4.69, 9.17) is 4.74 Å². The van der Waals surface area contributed by atoms with Crippen LogP contribution in [0.4, 0.5) is 0 Å². The summed E-state index contributed by atoms with van der Waals surface area (Å²) in [5.41, 5.74) is 3.13. The van der Waals surface area contributed by atoms with Gasteiger partial charge in [0, 0.05) is 6.54 Å². The lowest BCUT2D eigenvalue weighted by molar-refractivity contribution is -0.126. The summed E-state index contributed by atoms with van der Waals surface area (Å²) >= 11 is 0. The number of rotatable bonds is 8. The maximum absolute atomic E-state index is 12.9. The Labute approximate surface area is 150 Å². The van der Waals surface area contributed by atoms with Gasteiger partial charge in [-0.2, -0.15) is 0 Å². The first-order valence-electron chi connectivity index (χ1n) is 8.80. The lowest BCUT2D eigenvalue weighted by Gasteiger charge is -2.29. The van der Waals surface area contributed by atoms with Crippen molar-refractivity contribution in [3.8, 4) is 5.75 Å². The SMILES string of the molecule is CCN(CC)C(C(=O)NCc1ccc(C)c(OC)c1)c1ccccc1. The van der Waals surface area contributed by atoms with Crippen LogP contribution < -0.4 is 10.1 Å². The van der Waals surface area contributed by atoms with Gasteiger partial charge in [-0.3, -0.25) is 9.69 Å². The molecule has 1 atom stereocenters. The minimum absolute atomic E-state index is 0.0226. The number of hydrogen-bond acceptors (Lipinski definition) is 3. The molecule has 0 fully saturated rings. The van der Waals surface area contributed by atoms with Crippen LogP contribution in [0, 0.1) is 6.92 Å². The highest BCUT2D eigenvalue weighted by molar-refractivity contribution is 5.83. The van der Waals surface area contributed by atoms with Gasteiger partial charge in [0.2, 0.25) is 5.91 Å². The van der Waals surface area contributed by atoms with Gasteiger partial charge in [0.05, 0.1) is 7.11 Å². The highest BCUT2D eigenvalue weighted by Gasteiger charge is 2.25. The van der Waals surface area contributed by atoms with Crippen molar-refractivity contribution in [3.63, 3.8) is 0 Å². The van der Waals surface area contributed by atoms with Gasteiger partial charge in [-0.1, -0.05) is 56.3 Å². The molecule has 1 N–H and O–H groups in total. The number of methoxy groups -OCH3 is 1. The topological polar surface area (TPSA) is 41.6 Å². The van der Waals surface area contributed by atoms with Gasteiger partial charge in [0.1, 0.15) is 11.8 Å². The van der Waals surface area contributed by atoms with E-state index >= 15 is 0 Å². The van der Waals surface area contributed by atoms with Crippen molar-refractivity contribution in [2.75, 3.05) is 20.2 Å². The molecule has 0 saturated heterocycles. The number of nitrogens with one attached hydrogen (secondary N) is 1. The summed E-state index contributed by atoms with van der Waals surface area (Å²) in [6.45, 7) is 8.30. The molecule has 0 heterocycles. The molecule has 2 rings (SSSR count). The molecule has 1 amide bonds. The molecule has 0 aliphatic heterocycles. The van der Waals surface area contributed by atoms with E-state index in [2.05, 4.69) is 24.1 Å². The fourth-order valence-electron chi connectivity index (χ4n) is 3.01. The first-order valence-corrected chi connectivity index (χ1v) is 8.80. The molecule has 0 radical (unpaired) electrons. The van der Waals surface area contributed by atoms with Gasteiger partial charge < -0.3 is 10.1 Å². The number of nitrogens with zero attached hydrogens (tertiary/aromatic N) is 1. The van der Waals surface area contributed by atoms with E-state index in [0.29, 0.717) is 6.54 Å². The van der Waals surface area contributed by atoms with Crippen molar-refractivity contribution < 1.29 is 9.53 Å². The first kappa shape index (κ1) is 19.0. The van der Waals surface area contributed by atoms with Crippen LogP contribution in [-0.4, -0.2) is 31.0 Å². The van der Waals surface area contributed by atoms with E-state index in [1.807, 2.05) is 55.5 Å². The molecule has 0 aliphatic carbocycles. The Bertz CT molecular complexity index is 682. The molecule has 4 nitrogen and oxygen atoms in total. The van der Waals surface area contributed by atoms with Crippen molar-refractivity contribution in [2.24, 2.45) is 0 Å². The van der Waals surface area contributed by atoms with Crippen molar-refractivity contribution >= 4 is 5.91 Å². The summed E-state index contributed by atoms with van der Waals surface area (Å²) in [6, 6.07) is 15.7. The van der Waals surface area contributed by atoms with Crippen molar-refractivity contribution in [2.45, 2.75) is 33.4 Å². The molecule has 2 aromatic carbocycles. The Hall–Kier alpha value is -2.33. The number of likely N-dealkylation sites (N-methyl/N-ethyl adjacent to an activating group) is 1. The van der Waals surface area contributed by atoms with E-state index in [1.165, 1.54) is 0 Å². The van der Waals surface area contributed by atoms with Crippen LogP contribution in [0.3, 0.4) is 0 Å². The average Bonchev–Trinajstić information content (AvgIpc) is 2.65. The first-order chi connectivity index (χ1) is 12.1. The van der Waals surface area contributed by atoms with Crippen molar-refractivity contribution in [1.82, 2.24) is 10.2 Å². The van der Waals surface area contributed by atoms with E-state index in [0.717, 1.165) is 35.5 Å². The maximum Gasteiger partial charge on any atom is 0.242 e. The number of hydrogen-bond donors (Lipinski definition) is 1. The van der Waals surface area contributed by atoms with Crippen LogP contribution >= 0.6 is 0 Å². The Morgan fingerprint density at radius 1 is 1.12 bits per heavy atom. The van der Waals surface area contributed by atoms with Crippen LogP contribution in [-0.2, 0) is 11.3 Å². The van der Waals surface area contributed by atoms with Crippen LogP contribution in [0.15, 0.2) is 48.5 Å². The largest absolute Gasteiger partial charge is 0.496 e. The summed E-state index contributed by atoms with van der Waals surface area (Å²) in [4.78, 5) is 15.1. The Balaban J connectivity index is 2.14. The Kier molecular flexibility index (Phi) is 7.02. The zero-order chi connectivity index (χ0) is 18.2. The number of benzene rings is 2. The van der Waals surface area contributed by atoms with Gasteiger partial charge in [0.25, 0.3) is 0 Å². The molecule has 134 valence electrons. The quantitative estimate of drug-likeness (QED) is 0.796. The smallest absolute Gasteiger partial charge is 0.242 e. The molecule has 0 bridgehead atoms. The summed E-state index contributed by atoms with van der Waals surface area (Å²) in [7, 11) is 1.66.